The van der Waals surface area contributed by atoms with Crippen LogP contribution in [0.1, 0.15) is 37.7 Å². The van der Waals surface area contributed by atoms with Gasteiger partial charge in [-0.15, -0.1) is 0 Å². The number of pyridine rings is 1. The largest absolute Gasteiger partial charge is 0.381 e. The molecule has 1 amide bonds. The van der Waals surface area contributed by atoms with Crippen LogP contribution >= 0.6 is 0 Å². The molecule has 0 saturated carbocycles. The van der Waals surface area contributed by atoms with Crippen molar-refractivity contribution in [3.8, 4) is 0 Å². The first-order valence-corrected chi connectivity index (χ1v) is 10.2. The Bertz CT molecular complexity index is 793. The molecular formula is C22H29N3O2. The van der Waals surface area contributed by atoms with E-state index in [4.69, 9.17) is 9.72 Å². The Morgan fingerprint density at radius 2 is 1.93 bits per heavy atom. The highest BCUT2D eigenvalue weighted by molar-refractivity contribution is 5.83. The summed E-state index contributed by atoms with van der Waals surface area (Å²) in [5, 5.41) is 4.41. The highest BCUT2D eigenvalue weighted by atomic mass is 16.5. The molecule has 4 rings (SSSR count). The first kappa shape index (κ1) is 18.2. The molecule has 0 radical (unpaired) electrons. The van der Waals surface area contributed by atoms with Crippen LogP contribution in [-0.2, 0) is 9.53 Å². The maximum absolute atomic E-state index is 12.3. The third-order valence-corrected chi connectivity index (χ3v) is 5.91. The van der Waals surface area contributed by atoms with Crippen LogP contribution in [0.3, 0.4) is 0 Å². The van der Waals surface area contributed by atoms with E-state index in [-0.39, 0.29) is 5.91 Å². The summed E-state index contributed by atoms with van der Waals surface area (Å²) in [5.41, 5.74) is 2.33. The zero-order valence-corrected chi connectivity index (χ0v) is 16.1. The third kappa shape index (κ3) is 4.41. The first-order chi connectivity index (χ1) is 13.2. The zero-order chi connectivity index (χ0) is 18.6. The van der Waals surface area contributed by atoms with Crippen LogP contribution in [-0.4, -0.2) is 43.2 Å². The smallest absolute Gasteiger partial charge is 0.220 e. The zero-order valence-electron chi connectivity index (χ0n) is 16.1. The molecule has 0 spiro atoms. The van der Waals surface area contributed by atoms with Crippen LogP contribution in [0.4, 0.5) is 5.82 Å². The van der Waals surface area contributed by atoms with Crippen LogP contribution in [0.25, 0.3) is 10.9 Å². The lowest BCUT2D eigenvalue weighted by Crippen LogP contribution is -2.41. The fraction of sp³-hybridized carbons (Fsp3) is 0.545. The van der Waals surface area contributed by atoms with Crippen molar-refractivity contribution in [2.45, 2.75) is 45.1 Å². The highest BCUT2D eigenvalue weighted by Gasteiger charge is 2.24. The van der Waals surface area contributed by atoms with Gasteiger partial charge in [-0.1, -0.05) is 18.2 Å². The predicted molar refractivity (Wildman–Crippen MR) is 108 cm³/mol. The van der Waals surface area contributed by atoms with Gasteiger partial charge in [-0.2, -0.15) is 0 Å². The molecule has 0 aliphatic carbocycles. The van der Waals surface area contributed by atoms with Crippen molar-refractivity contribution >= 4 is 22.6 Å². The Labute approximate surface area is 161 Å². The van der Waals surface area contributed by atoms with Crippen molar-refractivity contribution in [3.05, 3.63) is 35.9 Å². The van der Waals surface area contributed by atoms with Gasteiger partial charge in [0.15, 0.2) is 0 Å². The van der Waals surface area contributed by atoms with Gasteiger partial charge < -0.3 is 15.0 Å². The number of anilines is 1. The fourth-order valence-corrected chi connectivity index (χ4v) is 4.25. The number of carbonyl (C=O) groups is 1. The molecule has 2 aliphatic heterocycles. The van der Waals surface area contributed by atoms with Gasteiger partial charge in [0.1, 0.15) is 5.82 Å². The topological polar surface area (TPSA) is 54.5 Å². The summed E-state index contributed by atoms with van der Waals surface area (Å²) in [6.45, 7) is 5.63. The van der Waals surface area contributed by atoms with Crippen molar-refractivity contribution in [2.75, 3.05) is 31.2 Å². The van der Waals surface area contributed by atoms with Crippen LogP contribution in [0.15, 0.2) is 30.3 Å². The summed E-state index contributed by atoms with van der Waals surface area (Å²) < 4.78 is 5.36. The Morgan fingerprint density at radius 3 is 2.70 bits per heavy atom. The molecule has 2 aromatic rings. The molecule has 27 heavy (non-hydrogen) atoms. The molecule has 144 valence electrons. The molecule has 0 bridgehead atoms. The molecular weight excluding hydrogens is 338 g/mol. The molecule has 5 heteroatoms. The van der Waals surface area contributed by atoms with Crippen molar-refractivity contribution in [1.29, 1.82) is 0 Å². The molecule has 3 heterocycles. The standard InChI is InChI=1S/C22H29N3O2/c1-16-14-21(24-20-5-3-2-4-19(16)20)25-10-6-17(7-11-25)15-22(26)23-18-8-12-27-13-9-18/h2-5,14,17-18H,6-13,15H2,1H3,(H,23,26). The number of hydrogen-bond acceptors (Lipinski definition) is 4. The number of nitrogens with zero attached hydrogens (tertiary/aromatic N) is 2. The number of carbonyl (C=O) groups excluding carboxylic acids is 1. The summed E-state index contributed by atoms with van der Waals surface area (Å²) in [6.07, 6.45) is 4.63. The number of ether oxygens (including phenoxy) is 1. The van der Waals surface area contributed by atoms with Gasteiger partial charge in [0.2, 0.25) is 5.91 Å². The number of nitrogens with one attached hydrogen (secondary N) is 1. The van der Waals surface area contributed by atoms with Crippen LogP contribution in [0.2, 0.25) is 0 Å². The van der Waals surface area contributed by atoms with E-state index in [0.717, 1.165) is 63.3 Å². The number of benzene rings is 1. The molecule has 0 unspecified atom stereocenters. The minimum Gasteiger partial charge on any atom is -0.381 e. The lowest BCUT2D eigenvalue weighted by molar-refractivity contribution is -0.123. The number of amides is 1. The average Bonchev–Trinajstić information content (AvgIpc) is 2.69. The number of piperidine rings is 1. The van der Waals surface area contributed by atoms with Gasteiger partial charge >= 0.3 is 0 Å². The van der Waals surface area contributed by atoms with Gasteiger partial charge in [-0.05, 0) is 56.2 Å². The average molecular weight is 367 g/mol. The second-order valence-corrected chi connectivity index (χ2v) is 7.90. The number of hydrogen-bond donors (Lipinski definition) is 1. The summed E-state index contributed by atoms with van der Waals surface area (Å²) in [4.78, 5) is 19.6. The van der Waals surface area contributed by atoms with Gasteiger partial charge in [0.05, 0.1) is 5.52 Å². The van der Waals surface area contributed by atoms with Crippen LogP contribution in [0.5, 0.6) is 0 Å². The Kier molecular flexibility index (Phi) is 5.58. The first-order valence-electron chi connectivity index (χ1n) is 10.2. The fourth-order valence-electron chi connectivity index (χ4n) is 4.25. The van der Waals surface area contributed by atoms with Crippen LogP contribution in [0, 0.1) is 12.8 Å². The number of aryl methyl sites for hydroxylation is 1. The van der Waals surface area contributed by atoms with Gasteiger partial charge in [-0.25, -0.2) is 4.98 Å². The van der Waals surface area contributed by atoms with Crippen molar-refractivity contribution in [3.63, 3.8) is 0 Å². The SMILES string of the molecule is Cc1cc(N2CCC(CC(=O)NC3CCOCC3)CC2)nc2ccccc12. The molecule has 1 aromatic heterocycles. The Hall–Kier alpha value is -2.14. The van der Waals surface area contributed by atoms with Crippen molar-refractivity contribution in [2.24, 2.45) is 5.92 Å². The van der Waals surface area contributed by atoms with E-state index in [1.54, 1.807) is 0 Å². The van der Waals surface area contributed by atoms with Gasteiger partial charge in [0, 0.05) is 44.2 Å². The highest BCUT2D eigenvalue weighted by Crippen LogP contribution is 2.27. The van der Waals surface area contributed by atoms with E-state index in [1.165, 1.54) is 10.9 Å². The van der Waals surface area contributed by atoms with Crippen molar-refractivity contribution < 1.29 is 9.53 Å². The van der Waals surface area contributed by atoms with Crippen LogP contribution < -0.4 is 10.2 Å². The number of para-hydroxylation sites is 1. The van der Waals surface area contributed by atoms with Crippen molar-refractivity contribution in [1.82, 2.24) is 10.3 Å². The maximum Gasteiger partial charge on any atom is 0.220 e. The summed E-state index contributed by atoms with van der Waals surface area (Å²) in [5.74, 6) is 1.75. The number of aromatic nitrogens is 1. The minimum absolute atomic E-state index is 0.208. The van der Waals surface area contributed by atoms with E-state index in [0.29, 0.717) is 18.4 Å². The summed E-state index contributed by atoms with van der Waals surface area (Å²) in [6, 6.07) is 10.8. The van der Waals surface area contributed by atoms with E-state index in [9.17, 15) is 4.79 Å². The van der Waals surface area contributed by atoms with Gasteiger partial charge in [-0.3, -0.25) is 4.79 Å². The quantitative estimate of drug-likeness (QED) is 0.899. The van der Waals surface area contributed by atoms with E-state index < -0.39 is 0 Å². The number of fused-ring (bicyclic) bond motifs is 1. The third-order valence-electron chi connectivity index (χ3n) is 5.91. The normalized spacial score (nSPS) is 19.4. The Balaban J connectivity index is 1.31. The lowest BCUT2D eigenvalue weighted by Gasteiger charge is -2.33. The Morgan fingerprint density at radius 1 is 1.19 bits per heavy atom. The van der Waals surface area contributed by atoms with E-state index in [2.05, 4.69) is 41.4 Å². The molecule has 1 N–H and O–H groups in total. The second kappa shape index (κ2) is 8.26. The second-order valence-electron chi connectivity index (χ2n) is 7.90. The number of rotatable bonds is 4. The summed E-state index contributed by atoms with van der Waals surface area (Å²) in [7, 11) is 0. The molecule has 2 fully saturated rings. The van der Waals surface area contributed by atoms with Gasteiger partial charge in [0.25, 0.3) is 0 Å². The molecule has 2 saturated heterocycles. The van der Waals surface area contributed by atoms with E-state index in [1.807, 2.05) is 6.07 Å². The molecule has 2 aliphatic rings. The predicted octanol–water partition coefficient (Wildman–Crippen LogP) is 3.44. The summed E-state index contributed by atoms with van der Waals surface area (Å²) >= 11 is 0. The monoisotopic (exact) mass is 367 g/mol. The minimum atomic E-state index is 0.208. The molecule has 5 nitrogen and oxygen atoms in total. The molecule has 0 atom stereocenters. The van der Waals surface area contributed by atoms with E-state index >= 15 is 0 Å². The lowest BCUT2D eigenvalue weighted by atomic mass is 9.92. The maximum atomic E-state index is 12.3. The molecule has 1 aromatic carbocycles.